The Hall–Kier alpha value is -1.26. The summed E-state index contributed by atoms with van der Waals surface area (Å²) >= 11 is 5.14. The number of amides is 1. The zero-order valence-corrected chi connectivity index (χ0v) is 12.0. The molecule has 2 aromatic carbocycles. The summed E-state index contributed by atoms with van der Waals surface area (Å²) in [6.45, 7) is 0. The Bertz CT molecular complexity index is 537. The third kappa shape index (κ3) is 3.62. The molecule has 2 nitrogen and oxygen atoms in total. The van der Waals surface area contributed by atoms with E-state index in [0.29, 0.717) is 5.56 Å². The summed E-state index contributed by atoms with van der Waals surface area (Å²) in [5.74, 6) is 0.517. The maximum Gasteiger partial charge on any atom is 0.248 e. The average molecular weight is 322 g/mol. The summed E-state index contributed by atoms with van der Waals surface area (Å²) < 4.78 is 1.09. The van der Waals surface area contributed by atoms with E-state index in [9.17, 15) is 4.79 Å². The molecule has 2 N–H and O–H groups in total. The molecule has 0 aromatic heterocycles. The Labute approximate surface area is 119 Å². The van der Waals surface area contributed by atoms with E-state index in [2.05, 4.69) is 28.1 Å². The molecule has 0 saturated carbocycles. The fourth-order valence-corrected chi connectivity index (χ4v) is 2.58. The molecular weight excluding hydrogens is 310 g/mol. The Morgan fingerprint density at radius 2 is 1.67 bits per heavy atom. The van der Waals surface area contributed by atoms with Crippen LogP contribution in [0.15, 0.2) is 57.9 Å². The molecule has 2 aromatic rings. The third-order valence-electron chi connectivity index (χ3n) is 2.46. The van der Waals surface area contributed by atoms with E-state index in [4.69, 9.17) is 5.73 Å². The second-order valence-electron chi connectivity index (χ2n) is 3.80. The van der Waals surface area contributed by atoms with Crippen molar-refractivity contribution in [3.63, 3.8) is 0 Å². The lowest BCUT2D eigenvalue weighted by atomic mass is 10.2. The number of primary amides is 1. The number of carbonyl (C=O) groups excluding carboxylic acids is 1. The lowest BCUT2D eigenvalue weighted by molar-refractivity contribution is 0.1000. The number of nitrogens with two attached hydrogens (primary N) is 1. The van der Waals surface area contributed by atoms with Gasteiger partial charge in [0.25, 0.3) is 0 Å². The van der Waals surface area contributed by atoms with Crippen LogP contribution in [0.3, 0.4) is 0 Å². The molecule has 0 fully saturated rings. The van der Waals surface area contributed by atoms with E-state index in [1.807, 2.05) is 24.3 Å². The predicted molar refractivity (Wildman–Crippen MR) is 78.7 cm³/mol. The van der Waals surface area contributed by atoms with Gasteiger partial charge in [-0.3, -0.25) is 4.79 Å². The summed E-state index contributed by atoms with van der Waals surface area (Å²) in [6, 6.07) is 15.6. The van der Waals surface area contributed by atoms with E-state index in [-0.39, 0.29) is 5.91 Å². The normalized spacial score (nSPS) is 10.3. The minimum atomic E-state index is -0.389. The lowest BCUT2D eigenvalue weighted by Crippen LogP contribution is -2.10. The first kappa shape index (κ1) is 13.2. The first-order valence-corrected chi connectivity index (χ1v) is 7.20. The summed E-state index contributed by atoms with van der Waals surface area (Å²) in [5, 5.41) is 0. The van der Waals surface area contributed by atoms with Crippen LogP contribution in [-0.4, -0.2) is 5.91 Å². The molecular formula is C14H12BrNOS. The Kier molecular flexibility index (Phi) is 4.44. The third-order valence-corrected chi connectivity index (χ3v) is 4.07. The van der Waals surface area contributed by atoms with Crippen molar-refractivity contribution >= 4 is 33.6 Å². The van der Waals surface area contributed by atoms with Gasteiger partial charge in [-0.2, -0.15) is 0 Å². The van der Waals surface area contributed by atoms with E-state index in [0.717, 1.165) is 15.1 Å². The number of thioether (sulfide) groups is 1. The number of hydrogen-bond donors (Lipinski definition) is 1. The molecule has 0 aliphatic carbocycles. The molecule has 92 valence electrons. The van der Waals surface area contributed by atoms with Crippen molar-refractivity contribution in [2.24, 2.45) is 5.73 Å². The molecule has 0 unspecified atom stereocenters. The lowest BCUT2D eigenvalue weighted by Gasteiger charge is -2.03. The molecule has 2 rings (SSSR count). The maximum absolute atomic E-state index is 10.9. The molecule has 4 heteroatoms. The van der Waals surface area contributed by atoms with Gasteiger partial charge in [0.1, 0.15) is 0 Å². The highest BCUT2D eigenvalue weighted by Crippen LogP contribution is 2.23. The van der Waals surface area contributed by atoms with E-state index >= 15 is 0 Å². The number of hydrogen-bond acceptors (Lipinski definition) is 2. The summed E-state index contributed by atoms with van der Waals surface area (Å²) in [4.78, 5) is 12.1. The van der Waals surface area contributed by atoms with Crippen molar-refractivity contribution in [3.8, 4) is 0 Å². The highest BCUT2D eigenvalue weighted by molar-refractivity contribution is 9.10. The predicted octanol–water partition coefficient (Wildman–Crippen LogP) is 3.84. The zero-order valence-electron chi connectivity index (χ0n) is 9.60. The largest absolute Gasteiger partial charge is 0.366 e. The first-order valence-electron chi connectivity index (χ1n) is 5.42. The van der Waals surface area contributed by atoms with Gasteiger partial charge in [0.15, 0.2) is 0 Å². The van der Waals surface area contributed by atoms with Crippen LogP contribution in [0.4, 0.5) is 0 Å². The van der Waals surface area contributed by atoms with E-state index in [1.54, 1.807) is 23.9 Å². The van der Waals surface area contributed by atoms with Crippen molar-refractivity contribution in [2.75, 3.05) is 0 Å². The second kappa shape index (κ2) is 6.07. The highest BCUT2D eigenvalue weighted by atomic mass is 79.9. The molecule has 0 saturated heterocycles. The van der Waals surface area contributed by atoms with Crippen LogP contribution >= 0.6 is 27.7 Å². The van der Waals surface area contributed by atoms with E-state index < -0.39 is 0 Å². The van der Waals surface area contributed by atoms with Crippen LogP contribution in [0.1, 0.15) is 15.9 Å². The Balaban J connectivity index is 1.97. The van der Waals surface area contributed by atoms with Crippen molar-refractivity contribution < 1.29 is 4.79 Å². The van der Waals surface area contributed by atoms with Gasteiger partial charge in [0.05, 0.1) is 0 Å². The molecule has 18 heavy (non-hydrogen) atoms. The molecule has 0 aliphatic heterocycles. The minimum absolute atomic E-state index is 0.389. The van der Waals surface area contributed by atoms with Crippen LogP contribution in [-0.2, 0) is 5.75 Å². The minimum Gasteiger partial charge on any atom is -0.366 e. The van der Waals surface area contributed by atoms with Crippen LogP contribution < -0.4 is 5.73 Å². The molecule has 1 amide bonds. The highest BCUT2D eigenvalue weighted by Gasteiger charge is 2.00. The summed E-state index contributed by atoms with van der Waals surface area (Å²) in [6.07, 6.45) is 0. The van der Waals surface area contributed by atoms with Crippen LogP contribution in [0, 0.1) is 0 Å². The fourth-order valence-electron chi connectivity index (χ4n) is 1.46. The van der Waals surface area contributed by atoms with Gasteiger partial charge in [0, 0.05) is 20.7 Å². The summed E-state index contributed by atoms with van der Waals surface area (Å²) in [7, 11) is 0. The summed E-state index contributed by atoms with van der Waals surface area (Å²) in [5.41, 5.74) is 7.00. The SMILES string of the molecule is NC(=O)c1ccc(SCc2ccc(Br)cc2)cc1. The molecule has 0 heterocycles. The average Bonchev–Trinajstić information content (AvgIpc) is 2.38. The number of benzene rings is 2. The van der Waals surface area contributed by atoms with Crippen LogP contribution in [0.5, 0.6) is 0 Å². The number of rotatable bonds is 4. The van der Waals surface area contributed by atoms with E-state index in [1.165, 1.54) is 5.56 Å². The van der Waals surface area contributed by atoms with Gasteiger partial charge in [-0.25, -0.2) is 0 Å². The van der Waals surface area contributed by atoms with Crippen molar-refractivity contribution in [1.82, 2.24) is 0 Å². The first-order chi connectivity index (χ1) is 8.65. The quantitative estimate of drug-likeness (QED) is 0.869. The molecule has 0 bridgehead atoms. The van der Waals surface area contributed by atoms with Gasteiger partial charge >= 0.3 is 0 Å². The Morgan fingerprint density at radius 1 is 1.06 bits per heavy atom. The monoisotopic (exact) mass is 321 g/mol. The molecule has 0 spiro atoms. The standard InChI is InChI=1S/C14H12BrNOS/c15-12-5-1-10(2-6-12)9-18-13-7-3-11(4-8-13)14(16)17/h1-8H,9H2,(H2,16,17). The zero-order chi connectivity index (χ0) is 13.0. The van der Waals surface area contributed by atoms with Crippen LogP contribution in [0.2, 0.25) is 0 Å². The van der Waals surface area contributed by atoms with Crippen molar-refractivity contribution in [3.05, 3.63) is 64.1 Å². The van der Waals surface area contributed by atoms with Gasteiger partial charge < -0.3 is 5.73 Å². The van der Waals surface area contributed by atoms with Gasteiger partial charge in [-0.1, -0.05) is 28.1 Å². The van der Waals surface area contributed by atoms with Crippen LogP contribution in [0.25, 0.3) is 0 Å². The molecule has 0 aliphatic rings. The Morgan fingerprint density at radius 3 is 2.22 bits per heavy atom. The van der Waals surface area contributed by atoms with Crippen molar-refractivity contribution in [2.45, 2.75) is 10.6 Å². The molecule has 0 atom stereocenters. The number of carbonyl (C=O) groups is 1. The topological polar surface area (TPSA) is 43.1 Å². The smallest absolute Gasteiger partial charge is 0.248 e. The van der Waals surface area contributed by atoms with Crippen molar-refractivity contribution in [1.29, 1.82) is 0 Å². The molecule has 0 radical (unpaired) electrons. The van der Waals surface area contributed by atoms with Gasteiger partial charge in [-0.15, -0.1) is 11.8 Å². The fraction of sp³-hybridized carbons (Fsp3) is 0.0714. The van der Waals surface area contributed by atoms with Gasteiger partial charge in [-0.05, 0) is 42.0 Å². The number of halogens is 1. The van der Waals surface area contributed by atoms with Gasteiger partial charge in [0.2, 0.25) is 5.91 Å². The second-order valence-corrected chi connectivity index (χ2v) is 5.77. The maximum atomic E-state index is 10.9.